The van der Waals surface area contributed by atoms with Crippen LogP contribution in [0.25, 0.3) is 0 Å². The van der Waals surface area contributed by atoms with Crippen molar-refractivity contribution in [3.63, 3.8) is 0 Å². The molecule has 9 heteroatoms. The first-order valence-corrected chi connectivity index (χ1v) is 11.6. The van der Waals surface area contributed by atoms with Crippen LogP contribution in [0.2, 0.25) is 0 Å². The third-order valence-electron chi connectivity index (χ3n) is 5.29. The lowest BCUT2D eigenvalue weighted by Gasteiger charge is -2.27. The molecule has 2 amide bonds. The number of hydrogen-bond donors (Lipinski definition) is 4. The quantitative estimate of drug-likeness (QED) is 0.352. The Bertz CT molecular complexity index is 957. The molecule has 0 saturated heterocycles. The molecule has 0 heterocycles. The number of allylic oxidation sites excluding steroid dienone is 3. The molecule has 3 atom stereocenters. The van der Waals surface area contributed by atoms with Crippen molar-refractivity contribution >= 4 is 35.1 Å². The largest absolute Gasteiger partial charge is 0.480 e. The van der Waals surface area contributed by atoms with Gasteiger partial charge < -0.3 is 25.6 Å². The Labute approximate surface area is 205 Å². The third kappa shape index (κ3) is 8.72. The van der Waals surface area contributed by atoms with Crippen LogP contribution in [-0.4, -0.2) is 51.2 Å². The van der Waals surface area contributed by atoms with Gasteiger partial charge in [-0.25, -0.2) is 9.59 Å². The Hall–Kier alpha value is -3.04. The number of ether oxygens (including phenoxy) is 1. The van der Waals surface area contributed by atoms with Crippen molar-refractivity contribution < 1.29 is 29.3 Å². The van der Waals surface area contributed by atoms with Crippen LogP contribution in [0.5, 0.6) is 0 Å². The summed E-state index contributed by atoms with van der Waals surface area (Å²) < 4.78 is 5.24. The van der Waals surface area contributed by atoms with Crippen molar-refractivity contribution in [1.29, 1.82) is 0 Å². The second-order valence-electron chi connectivity index (χ2n) is 8.80. The van der Waals surface area contributed by atoms with E-state index in [1.807, 2.05) is 45.0 Å². The van der Waals surface area contributed by atoms with Crippen molar-refractivity contribution in [3.05, 3.63) is 59.2 Å². The van der Waals surface area contributed by atoms with Gasteiger partial charge in [0, 0.05) is 11.3 Å². The number of carboxylic acid groups (broad SMARTS) is 1. The smallest absolute Gasteiger partial charge is 0.407 e. The van der Waals surface area contributed by atoms with E-state index in [9.17, 15) is 24.6 Å². The van der Waals surface area contributed by atoms with Gasteiger partial charge in [-0.3, -0.25) is 4.79 Å². The Kier molecular flexibility index (Phi) is 10.4. The highest BCUT2D eigenvalue weighted by atomic mass is 32.1. The molecule has 34 heavy (non-hydrogen) atoms. The van der Waals surface area contributed by atoms with E-state index in [4.69, 9.17) is 17.0 Å². The van der Waals surface area contributed by atoms with Crippen LogP contribution in [-0.2, 0) is 20.9 Å². The van der Waals surface area contributed by atoms with Crippen molar-refractivity contribution in [1.82, 2.24) is 10.6 Å². The topological polar surface area (TPSA) is 125 Å². The van der Waals surface area contributed by atoms with Crippen molar-refractivity contribution in [2.45, 2.75) is 64.8 Å². The standard InChI is InChI=1S/C25H32N2O6S/c1-15(2)11-20(24(30)31)26-23(29)22(28)19(13-18-10-9-16(3)12-21(18)34)27-25(32)33-14-17-7-5-4-6-8-17/h4-10,15,19-20,22,28H,11-14H2,1-3H3,(H,26,29)(H,27,32)(H,30,31)/t19-,20+,22-/m1/s1. The van der Waals surface area contributed by atoms with Gasteiger partial charge in [0.2, 0.25) is 0 Å². The van der Waals surface area contributed by atoms with Gasteiger partial charge in [-0.05, 0) is 36.8 Å². The van der Waals surface area contributed by atoms with Crippen LogP contribution < -0.4 is 10.6 Å². The van der Waals surface area contributed by atoms with E-state index in [0.29, 0.717) is 16.9 Å². The lowest BCUT2D eigenvalue weighted by Crippen LogP contribution is -2.54. The van der Waals surface area contributed by atoms with Crippen LogP contribution in [0.15, 0.2) is 53.6 Å². The fraction of sp³-hybridized carbons (Fsp3) is 0.440. The second kappa shape index (κ2) is 13.0. The van der Waals surface area contributed by atoms with E-state index in [2.05, 4.69) is 10.6 Å². The first-order valence-electron chi connectivity index (χ1n) is 11.1. The van der Waals surface area contributed by atoms with Gasteiger partial charge in [-0.1, -0.05) is 74.1 Å². The molecule has 0 radical (unpaired) electrons. The lowest BCUT2D eigenvalue weighted by atomic mass is 9.92. The summed E-state index contributed by atoms with van der Waals surface area (Å²) in [4.78, 5) is 37.4. The number of carbonyl (C=O) groups is 3. The van der Waals surface area contributed by atoms with Gasteiger partial charge in [0.05, 0.1) is 6.04 Å². The number of aliphatic carboxylic acids is 1. The van der Waals surface area contributed by atoms with E-state index in [1.165, 1.54) is 0 Å². The Balaban J connectivity index is 2.14. The number of benzene rings is 1. The normalized spacial score (nSPS) is 16.1. The molecule has 2 rings (SSSR count). The summed E-state index contributed by atoms with van der Waals surface area (Å²) in [5.41, 5.74) is 2.57. The van der Waals surface area contributed by atoms with Gasteiger partial charge in [0.1, 0.15) is 12.6 Å². The van der Waals surface area contributed by atoms with Crippen LogP contribution in [0.4, 0.5) is 4.79 Å². The minimum Gasteiger partial charge on any atom is -0.480 e. The third-order valence-corrected chi connectivity index (χ3v) is 5.70. The van der Waals surface area contributed by atoms with Crippen LogP contribution in [0.3, 0.4) is 0 Å². The number of nitrogens with one attached hydrogen (secondary N) is 2. The Morgan fingerprint density at radius 1 is 1.12 bits per heavy atom. The number of carboxylic acids is 1. The molecule has 0 bridgehead atoms. The molecule has 184 valence electrons. The highest BCUT2D eigenvalue weighted by Crippen LogP contribution is 2.21. The molecular formula is C25H32N2O6S. The van der Waals surface area contributed by atoms with Gasteiger partial charge in [0.15, 0.2) is 6.10 Å². The maximum absolute atomic E-state index is 12.7. The number of rotatable bonds is 11. The average molecular weight is 489 g/mol. The van der Waals surface area contributed by atoms with E-state index < -0.39 is 36.2 Å². The summed E-state index contributed by atoms with van der Waals surface area (Å²) in [5, 5.41) is 25.1. The van der Waals surface area contributed by atoms with E-state index in [1.54, 1.807) is 18.2 Å². The minimum absolute atomic E-state index is 0.0141. The number of amides is 2. The summed E-state index contributed by atoms with van der Waals surface area (Å²) >= 11 is 5.44. The zero-order valence-electron chi connectivity index (χ0n) is 19.6. The molecule has 0 aromatic heterocycles. The molecule has 1 aliphatic rings. The average Bonchev–Trinajstić information content (AvgIpc) is 2.78. The number of thiocarbonyl (C=S) groups is 1. The molecule has 0 saturated carbocycles. The van der Waals surface area contributed by atoms with Crippen molar-refractivity contribution in [3.8, 4) is 0 Å². The molecular weight excluding hydrogens is 456 g/mol. The molecule has 4 N–H and O–H groups in total. The molecule has 1 aromatic rings. The molecule has 0 fully saturated rings. The molecule has 0 spiro atoms. The number of aliphatic hydroxyl groups is 1. The van der Waals surface area contributed by atoms with Gasteiger partial charge in [0.25, 0.3) is 5.91 Å². The fourth-order valence-corrected chi connectivity index (χ4v) is 3.85. The van der Waals surface area contributed by atoms with Crippen LogP contribution in [0.1, 0.15) is 45.6 Å². The van der Waals surface area contributed by atoms with Crippen molar-refractivity contribution in [2.75, 3.05) is 0 Å². The first kappa shape index (κ1) is 27.2. The zero-order chi connectivity index (χ0) is 25.3. The number of hydrogen-bond acceptors (Lipinski definition) is 6. The van der Waals surface area contributed by atoms with E-state index in [-0.39, 0.29) is 25.4 Å². The zero-order valence-corrected chi connectivity index (χ0v) is 20.4. The second-order valence-corrected chi connectivity index (χ2v) is 9.29. The SMILES string of the molecule is CC1=CC=C(C[C@@H](NC(=O)OCc2ccccc2)[C@@H](O)C(=O)N[C@@H](CC(C)C)C(=O)O)C(=S)C1. The lowest BCUT2D eigenvalue weighted by molar-refractivity contribution is -0.144. The van der Waals surface area contributed by atoms with E-state index >= 15 is 0 Å². The predicted octanol–water partition coefficient (Wildman–Crippen LogP) is 3.29. The summed E-state index contributed by atoms with van der Waals surface area (Å²) in [5.74, 6) is -2.08. The summed E-state index contributed by atoms with van der Waals surface area (Å²) in [7, 11) is 0. The van der Waals surface area contributed by atoms with Gasteiger partial charge in [-0.15, -0.1) is 0 Å². The van der Waals surface area contributed by atoms with Crippen molar-refractivity contribution in [2.24, 2.45) is 5.92 Å². The number of aliphatic hydroxyl groups excluding tert-OH is 1. The van der Waals surface area contributed by atoms with E-state index in [0.717, 1.165) is 11.1 Å². The molecule has 8 nitrogen and oxygen atoms in total. The monoisotopic (exact) mass is 488 g/mol. The van der Waals surface area contributed by atoms with Crippen LogP contribution in [0, 0.1) is 5.92 Å². The summed E-state index contributed by atoms with van der Waals surface area (Å²) in [6, 6.07) is 6.84. The maximum Gasteiger partial charge on any atom is 0.407 e. The highest BCUT2D eigenvalue weighted by Gasteiger charge is 2.32. The summed E-state index contributed by atoms with van der Waals surface area (Å²) in [6.07, 6.45) is 2.02. The molecule has 1 aliphatic carbocycles. The number of carbonyl (C=O) groups excluding carboxylic acids is 2. The summed E-state index contributed by atoms with van der Waals surface area (Å²) in [6.45, 7) is 5.62. The first-order chi connectivity index (χ1) is 16.1. The van der Waals surface area contributed by atoms with Crippen LogP contribution >= 0.6 is 12.2 Å². The fourth-order valence-electron chi connectivity index (χ4n) is 3.47. The van der Waals surface area contributed by atoms with Gasteiger partial charge in [-0.2, -0.15) is 0 Å². The maximum atomic E-state index is 12.7. The molecule has 1 aromatic carbocycles. The van der Waals surface area contributed by atoms with Gasteiger partial charge >= 0.3 is 12.1 Å². The highest BCUT2D eigenvalue weighted by molar-refractivity contribution is 7.80. The Morgan fingerprint density at radius 2 is 1.79 bits per heavy atom. The predicted molar refractivity (Wildman–Crippen MR) is 132 cm³/mol. The Morgan fingerprint density at radius 3 is 2.38 bits per heavy atom. The number of alkyl carbamates (subject to hydrolysis) is 1. The molecule has 0 unspecified atom stereocenters. The minimum atomic E-state index is -1.71. The molecule has 0 aliphatic heterocycles.